The Balaban J connectivity index is -0.000000720. The van der Waals surface area contributed by atoms with Gasteiger partial charge in [0.25, 0.3) is 17.9 Å². The molecule has 0 aliphatic rings. The third-order valence-electron chi connectivity index (χ3n) is 0.963. The first-order chi connectivity index (χ1) is 5.91. The van der Waals surface area contributed by atoms with Gasteiger partial charge in [-0.25, -0.2) is 0 Å². The van der Waals surface area contributed by atoms with E-state index in [1.807, 2.05) is 0 Å². The molecule has 82 valence electrons. The maximum atomic E-state index is 10.4. The number of rotatable bonds is 3. The van der Waals surface area contributed by atoms with Gasteiger partial charge in [-0.15, -0.1) is 0 Å². The van der Waals surface area contributed by atoms with Crippen LogP contribution in [-0.4, -0.2) is 30.7 Å². The topological polar surface area (TPSA) is 110 Å². The number of hydrogen-bond donors (Lipinski definition) is 0. The summed E-state index contributed by atoms with van der Waals surface area (Å²) in [6.07, 6.45) is 0. The zero-order valence-electron chi connectivity index (χ0n) is 9.16. The van der Waals surface area contributed by atoms with Crippen LogP contribution in [0, 0.1) is 0 Å². The molecule has 0 rings (SSSR count). The molecule has 0 aliphatic heterocycles. The summed E-state index contributed by atoms with van der Waals surface area (Å²) in [7, 11) is -2.41. The molecule has 15 heavy (non-hydrogen) atoms. The summed E-state index contributed by atoms with van der Waals surface area (Å²) in [6, 6.07) is 0. The van der Waals surface area contributed by atoms with Gasteiger partial charge in [0.1, 0.15) is 0 Å². The molecule has 0 fully saturated rings. The molecule has 2 N–H and O–H groups in total. The van der Waals surface area contributed by atoms with E-state index in [4.69, 9.17) is 0 Å². The predicted octanol–water partition coefficient (Wildman–Crippen LogP) is -4.43. The van der Waals surface area contributed by atoms with Gasteiger partial charge in [0.15, 0.2) is 0 Å². The molecule has 0 bridgehead atoms. The van der Waals surface area contributed by atoms with E-state index in [-0.39, 0.29) is 35.0 Å². The molecule has 0 saturated carbocycles. The minimum Gasteiger partial charge on any atom is -0.625 e. The van der Waals surface area contributed by atoms with Crippen LogP contribution in [0.15, 0.2) is 0 Å². The van der Waals surface area contributed by atoms with Crippen molar-refractivity contribution in [3.05, 3.63) is 0 Å². The summed E-state index contributed by atoms with van der Waals surface area (Å²) in [5.41, 5.74) is 0. The van der Waals surface area contributed by atoms with Crippen LogP contribution in [-0.2, 0) is 28.3 Å². The van der Waals surface area contributed by atoms with Crippen LogP contribution in [0.5, 0.6) is 0 Å². The molecule has 0 radical (unpaired) electrons. The number of carbonyl (C=O) groups is 3. The smallest absolute Gasteiger partial charge is 0.625 e. The zero-order valence-corrected chi connectivity index (χ0v) is 11.2. The molecular formula is C6H12BNaO7. The van der Waals surface area contributed by atoms with Gasteiger partial charge in [-0.2, -0.15) is 0 Å². The van der Waals surface area contributed by atoms with Crippen LogP contribution in [0.25, 0.3) is 0 Å². The molecule has 9 heteroatoms. The number of carbonyl (C=O) groups excluding carboxylic acids is 3. The van der Waals surface area contributed by atoms with Gasteiger partial charge in [0.05, 0.1) is 0 Å². The molecule has 0 amide bonds. The molecule has 7 nitrogen and oxygen atoms in total. The summed E-state index contributed by atoms with van der Waals surface area (Å²) < 4.78 is 13.3. The van der Waals surface area contributed by atoms with E-state index in [0.717, 1.165) is 20.8 Å². The molecule has 0 aliphatic carbocycles. The third-order valence-corrected chi connectivity index (χ3v) is 0.963. The molecule has 0 aromatic carbocycles. The fourth-order valence-electron chi connectivity index (χ4n) is 0.586. The van der Waals surface area contributed by atoms with Crippen LogP contribution in [0.4, 0.5) is 0 Å². The first kappa shape index (κ1) is 19.9. The van der Waals surface area contributed by atoms with Crippen molar-refractivity contribution in [1.82, 2.24) is 0 Å². The third kappa shape index (κ3) is 13.4. The van der Waals surface area contributed by atoms with E-state index in [1.165, 1.54) is 0 Å². The average Bonchev–Trinajstić information content (AvgIpc) is 1.80. The Morgan fingerprint density at radius 3 is 1.13 bits per heavy atom. The largest absolute Gasteiger partial charge is 1.00 e. The Labute approximate surface area is 109 Å². The molecule has 0 saturated heterocycles. The molecule has 0 aromatic heterocycles. The Hall–Kier alpha value is -0.565. The van der Waals surface area contributed by atoms with Gasteiger partial charge >= 0.3 is 36.9 Å². The van der Waals surface area contributed by atoms with Gasteiger partial charge < -0.3 is 19.4 Å². The summed E-state index contributed by atoms with van der Waals surface area (Å²) >= 11 is 0. The average molecular weight is 230 g/mol. The summed E-state index contributed by atoms with van der Waals surface area (Å²) in [6.45, 7) is 3.35. The van der Waals surface area contributed by atoms with E-state index in [9.17, 15) is 14.4 Å². The van der Waals surface area contributed by atoms with E-state index in [2.05, 4.69) is 14.0 Å². The SMILES string of the molecule is CC(=O)O[BH-](OC(C)=O)OC(C)=O.O.[Na+]. The van der Waals surface area contributed by atoms with Gasteiger partial charge in [0.2, 0.25) is 0 Å². The van der Waals surface area contributed by atoms with E-state index < -0.39 is 25.2 Å². The van der Waals surface area contributed by atoms with Crippen LogP contribution in [0.3, 0.4) is 0 Å². The van der Waals surface area contributed by atoms with Crippen LogP contribution in [0.2, 0.25) is 0 Å². The molecule has 0 atom stereocenters. The molecule has 0 spiro atoms. The van der Waals surface area contributed by atoms with Crippen molar-refractivity contribution in [1.29, 1.82) is 0 Å². The maximum absolute atomic E-state index is 10.4. The minimum absolute atomic E-state index is 0. The second kappa shape index (κ2) is 9.97. The van der Waals surface area contributed by atoms with Gasteiger partial charge in [-0.05, 0) is 0 Å². The van der Waals surface area contributed by atoms with Crippen molar-refractivity contribution in [3.8, 4) is 0 Å². The Kier molecular flexibility index (Phi) is 13.2. The van der Waals surface area contributed by atoms with Crippen LogP contribution < -0.4 is 29.6 Å². The van der Waals surface area contributed by atoms with Gasteiger partial charge in [0, 0.05) is 20.8 Å². The Morgan fingerprint density at radius 2 is 1.00 bits per heavy atom. The van der Waals surface area contributed by atoms with Crippen LogP contribution >= 0.6 is 0 Å². The van der Waals surface area contributed by atoms with Crippen LogP contribution in [0.1, 0.15) is 20.8 Å². The second-order valence-corrected chi connectivity index (χ2v) is 2.26. The normalized spacial score (nSPS) is 8.00. The molecule has 0 heterocycles. The summed E-state index contributed by atoms with van der Waals surface area (Å²) in [5, 5.41) is 0. The van der Waals surface area contributed by atoms with Crippen molar-refractivity contribution >= 4 is 25.2 Å². The molecule has 0 unspecified atom stereocenters. The minimum atomic E-state index is -2.41. The monoisotopic (exact) mass is 230 g/mol. The van der Waals surface area contributed by atoms with Crippen molar-refractivity contribution < 1.29 is 63.4 Å². The summed E-state index contributed by atoms with van der Waals surface area (Å²) in [5.74, 6) is -2.03. The number of hydrogen-bond acceptors (Lipinski definition) is 6. The van der Waals surface area contributed by atoms with E-state index >= 15 is 0 Å². The summed E-state index contributed by atoms with van der Waals surface area (Å²) in [4.78, 5) is 31.3. The predicted molar refractivity (Wildman–Crippen MR) is 46.1 cm³/mol. The molecular weight excluding hydrogens is 218 g/mol. The van der Waals surface area contributed by atoms with Crippen molar-refractivity contribution in [2.75, 3.05) is 0 Å². The van der Waals surface area contributed by atoms with Crippen molar-refractivity contribution in [2.45, 2.75) is 20.8 Å². The van der Waals surface area contributed by atoms with Crippen molar-refractivity contribution in [3.63, 3.8) is 0 Å². The van der Waals surface area contributed by atoms with Gasteiger partial charge in [-0.1, -0.05) is 0 Å². The zero-order chi connectivity index (χ0) is 10.4. The van der Waals surface area contributed by atoms with Gasteiger partial charge in [-0.3, -0.25) is 14.4 Å². The Bertz CT molecular complexity index is 193. The first-order valence-electron chi connectivity index (χ1n) is 3.59. The maximum Gasteiger partial charge on any atom is 1.00 e. The van der Waals surface area contributed by atoms with E-state index in [1.54, 1.807) is 0 Å². The molecule has 0 aromatic rings. The fourth-order valence-corrected chi connectivity index (χ4v) is 0.586. The fraction of sp³-hybridized carbons (Fsp3) is 0.500. The quantitative estimate of drug-likeness (QED) is 0.452. The Morgan fingerprint density at radius 1 is 0.800 bits per heavy atom. The van der Waals surface area contributed by atoms with Crippen molar-refractivity contribution in [2.24, 2.45) is 0 Å². The first-order valence-corrected chi connectivity index (χ1v) is 3.59. The second-order valence-electron chi connectivity index (χ2n) is 2.26. The standard InChI is InChI=1S/C6H10BO6.Na.H2O/c1-4(8)11-7(12-5(2)9)13-6(3)10;;/h7H,1-3H3;;1H2/q-1;+1;. The van der Waals surface area contributed by atoms with E-state index in [0.29, 0.717) is 0 Å².